The maximum absolute atomic E-state index is 13.3. The van der Waals surface area contributed by atoms with Gasteiger partial charge in [-0.05, 0) is 19.8 Å². The van der Waals surface area contributed by atoms with Gasteiger partial charge in [-0.15, -0.1) is 0 Å². The standard InChI is InChI=1S/C11H19F2N/c1-6(2)10-9-8(11(9,12)13)5-14(10)7(3)4/h6-10H,5H2,1-4H3. The molecule has 0 amide bonds. The molecule has 0 bridgehead atoms. The molecule has 1 nitrogen and oxygen atoms in total. The summed E-state index contributed by atoms with van der Waals surface area (Å²) in [5.74, 6) is -2.73. The molecule has 0 aromatic heterocycles. The molecule has 3 unspecified atom stereocenters. The van der Waals surface area contributed by atoms with Gasteiger partial charge in [-0.2, -0.15) is 0 Å². The Morgan fingerprint density at radius 2 is 1.79 bits per heavy atom. The van der Waals surface area contributed by atoms with E-state index in [0.29, 0.717) is 18.5 Å². The van der Waals surface area contributed by atoms with E-state index in [0.717, 1.165) is 0 Å². The van der Waals surface area contributed by atoms with Crippen LogP contribution in [0, 0.1) is 17.8 Å². The molecule has 14 heavy (non-hydrogen) atoms. The molecular formula is C11H19F2N. The van der Waals surface area contributed by atoms with Gasteiger partial charge in [0.05, 0.1) is 0 Å². The number of hydrogen-bond acceptors (Lipinski definition) is 1. The quantitative estimate of drug-likeness (QED) is 0.667. The molecule has 0 spiro atoms. The van der Waals surface area contributed by atoms with Gasteiger partial charge in [0, 0.05) is 30.5 Å². The van der Waals surface area contributed by atoms with E-state index < -0.39 is 5.92 Å². The Balaban J connectivity index is 2.15. The minimum Gasteiger partial charge on any atom is -0.297 e. The van der Waals surface area contributed by atoms with Crippen LogP contribution in [-0.2, 0) is 0 Å². The average Bonchev–Trinajstić information content (AvgIpc) is 2.47. The summed E-state index contributed by atoms with van der Waals surface area (Å²) in [7, 11) is 0. The fraction of sp³-hybridized carbons (Fsp3) is 1.00. The number of likely N-dealkylation sites (tertiary alicyclic amines) is 1. The Kier molecular flexibility index (Phi) is 2.15. The first-order chi connectivity index (χ1) is 6.37. The Hall–Kier alpha value is -0.180. The Bertz CT molecular complexity index is 235. The maximum atomic E-state index is 13.3. The average molecular weight is 203 g/mol. The molecule has 2 rings (SSSR count). The van der Waals surface area contributed by atoms with Crippen LogP contribution >= 0.6 is 0 Å². The molecule has 1 saturated carbocycles. The largest absolute Gasteiger partial charge is 0.297 e. The number of hydrogen-bond donors (Lipinski definition) is 0. The van der Waals surface area contributed by atoms with Gasteiger partial charge < -0.3 is 0 Å². The normalized spacial score (nSPS) is 40.7. The zero-order valence-corrected chi connectivity index (χ0v) is 9.30. The van der Waals surface area contributed by atoms with Gasteiger partial charge in [0.1, 0.15) is 0 Å². The molecule has 1 aliphatic heterocycles. The molecule has 0 aromatic carbocycles. The highest BCUT2D eigenvalue weighted by Gasteiger charge is 2.75. The van der Waals surface area contributed by atoms with Crippen molar-refractivity contribution in [3.63, 3.8) is 0 Å². The lowest BCUT2D eigenvalue weighted by Crippen LogP contribution is -2.44. The summed E-state index contributed by atoms with van der Waals surface area (Å²) >= 11 is 0. The summed E-state index contributed by atoms with van der Waals surface area (Å²) in [6.45, 7) is 8.89. The van der Waals surface area contributed by atoms with Crippen molar-refractivity contribution < 1.29 is 8.78 Å². The number of halogens is 2. The van der Waals surface area contributed by atoms with Crippen molar-refractivity contribution in [2.24, 2.45) is 17.8 Å². The third kappa shape index (κ3) is 1.21. The minimum atomic E-state index is -2.36. The molecule has 82 valence electrons. The van der Waals surface area contributed by atoms with Crippen molar-refractivity contribution in [2.75, 3.05) is 6.54 Å². The Morgan fingerprint density at radius 3 is 2.21 bits per heavy atom. The minimum absolute atomic E-state index is 0.0926. The van der Waals surface area contributed by atoms with E-state index in [1.165, 1.54) is 0 Å². The number of alkyl halides is 2. The van der Waals surface area contributed by atoms with Crippen molar-refractivity contribution in [3.05, 3.63) is 0 Å². The number of nitrogens with zero attached hydrogens (tertiary/aromatic N) is 1. The molecule has 1 saturated heterocycles. The molecule has 1 heterocycles. The Labute approximate surface area is 84.5 Å². The first-order valence-corrected chi connectivity index (χ1v) is 5.51. The highest BCUT2D eigenvalue weighted by Crippen LogP contribution is 2.63. The zero-order chi connectivity index (χ0) is 10.7. The third-order valence-electron chi connectivity index (χ3n) is 3.77. The molecule has 0 N–H and O–H groups in total. The van der Waals surface area contributed by atoms with Gasteiger partial charge >= 0.3 is 0 Å². The number of fused-ring (bicyclic) bond motifs is 1. The van der Waals surface area contributed by atoms with E-state index in [2.05, 4.69) is 32.6 Å². The highest BCUT2D eigenvalue weighted by molar-refractivity contribution is 5.17. The van der Waals surface area contributed by atoms with E-state index in [1.54, 1.807) is 0 Å². The second-order valence-electron chi connectivity index (χ2n) is 5.33. The van der Waals surface area contributed by atoms with Crippen LogP contribution in [0.15, 0.2) is 0 Å². The lowest BCUT2D eigenvalue weighted by atomic mass is 9.98. The molecule has 0 aromatic rings. The van der Waals surface area contributed by atoms with Crippen molar-refractivity contribution in [3.8, 4) is 0 Å². The van der Waals surface area contributed by atoms with E-state index in [4.69, 9.17) is 0 Å². The van der Waals surface area contributed by atoms with Crippen molar-refractivity contribution >= 4 is 0 Å². The van der Waals surface area contributed by atoms with Crippen LogP contribution in [0.3, 0.4) is 0 Å². The first kappa shape index (κ1) is 10.3. The summed E-state index contributed by atoms with van der Waals surface area (Å²) in [5.41, 5.74) is 0. The molecule has 2 aliphatic rings. The van der Waals surface area contributed by atoms with Gasteiger partial charge in [0.25, 0.3) is 5.92 Å². The fourth-order valence-corrected chi connectivity index (χ4v) is 3.03. The number of piperidine rings is 1. The highest BCUT2D eigenvalue weighted by atomic mass is 19.3. The topological polar surface area (TPSA) is 3.24 Å². The smallest absolute Gasteiger partial charge is 0.257 e. The monoisotopic (exact) mass is 203 g/mol. The summed E-state index contributed by atoms with van der Waals surface area (Å²) in [4.78, 5) is 2.25. The number of rotatable bonds is 2. The molecular weight excluding hydrogens is 184 g/mol. The predicted molar refractivity (Wildman–Crippen MR) is 52.4 cm³/mol. The van der Waals surface area contributed by atoms with E-state index in [9.17, 15) is 8.78 Å². The SMILES string of the molecule is CC(C)C1C2C(CN1C(C)C)C2(F)F. The lowest BCUT2D eigenvalue weighted by Gasteiger charge is -2.34. The van der Waals surface area contributed by atoms with Crippen LogP contribution in [0.2, 0.25) is 0 Å². The van der Waals surface area contributed by atoms with Crippen LogP contribution < -0.4 is 0 Å². The second-order valence-corrected chi connectivity index (χ2v) is 5.33. The first-order valence-electron chi connectivity index (χ1n) is 5.51. The predicted octanol–water partition coefficient (Wildman–Crippen LogP) is 2.62. The van der Waals surface area contributed by atoms with Crippen LogP contribution in [-0.4, -0.2) is 29.5 Å². The van der Waals surface area contributed by atoms with E-state index in [-0.39, 0.29) is 17.9 Å². The maximum Gasteiger partial charge on any atom is 0.257 e. The Morgan fingerprint density at radius 1 is 1.21 bits per heavy atom. The van der Waals surface area contributed by atoms with Crippen molar-refractivity contribution in [1.29, 1.82) is 0 Å². The van der Waals surface area contributed by atoms with Gasteiger partial charge in [-0.3, -0.25) is 4.90 Å². The summed E-state index contributed by atoms with van der Waals surface area (Å²) in [5, 5.41) is 0. The second kappa shape index (κ2) is 2.91. The molecule has 1 aliphatic carbocycles. The molecule has 3 atom stereocenters. The van der Waals surface area contributed by atoms with Gasteiger partial charge in [0.2, 0.25) is 0 Å². The fourth-order valence-electron chi connectivity index (χ4n) is 3.03. The van der Waals surface area contributed by atoms with E-state index >= 15 is 0 Å². The molecule has 2 fully saturated rings. The van der Waals surface area contributed by atoms with Crippen molar-refractivity contribution in [1.82, 2.24) is 4.90 Å². The van der Waals surface area contributed by atoms with Crippen LogP contribution in [0.5, 0.6) is 0 Å². The van der Waals surface area contributed by atoms with Crippen molar-refractivity contribution in [2.45, 2.75) is 45.7 Å². The van der Waals surface area contributed by atoms with Crippen LogP contribution in [0.1, 0.15) is 27.7 Å². The van der Waals surface area contributed by atoms with Gasteiger partial charge in [0.15, 0.2) is 0 Å². The molecule has 0 radical (unpaired) electrons. The van der Waals surface area contributed by atoms with Crippen LogP contribution in [0.25, 0.3) is 0 Å². The summed E-state index contributed by atoms with van der Waals surface area (Å²) in [6.07, 6.45) is 0. The van der Waals surface area contributed by atoms with Gasteiger partial charge in [-0.1, -0.05) is 13.8 Å². The lowest BCUT2D eigenvalue weighted by molar-refractivity contribution is 0.0116. The summed E-state index contributed by atoms with van der Waals surface area (Å²) in [6, 6.07) is 0.487. The third-order valence-corrected chi connectivity index (χ3v) is 3.77. The van der Waals surface area contributed by atoms with Crippen LogP contribution in [0.4, 0.5) is 8.78 Å². The van der Waals surface area contributed by atoms with E-state index in [1.807, 2.05) is 0 Å². The van der Waals surface area contributed by atoms with Gasteiger partial charge in [-0.25, -0.2) is 8.78 Å². The molecule has 3 heteroatoms. The zero-order valence-electron chi connectivity index (χ0n) is 9.30. The summed E-state index contributed by atoms with van der Waals surface area (Å²) < 4.78 is 26.5.